The lowest BCUT2D eigenvalue weighted by Gasteiger charge is -2.09. The molecule has 0 fully saturated rings. The quantitative estimate of drug-likeness (QED) is 0.538. The SMILES string of the molecule is CCC(C)C[CH]OCC(C)C. The van der Waals surface area contributed by atoms with Crippen molar-refractivity contribution in [2.24, 2.45) is 11.8 Å². The van der Waals surface area contributed by atoms with Crippen LogP contribution in [0, 0.1) is 18.4 Å². The summed E-state index contributed by atoms with van der Waals surface area (Å²) in [6.07, 6.45) is 2.32. The van der Waals surface area contributed by atoms with Gasteiger partial charge in [0.25, 0.3) is 0 Å². The summed E-state index contributed by atoms with van der Waals surface area (Å²) in [5, 5.41) is 0. The summed E-state index contributed by atoms with van der Waals surface area (Å²) in [5.74, 6) is 1.41. The molecule has 0 amide bonds. The van der Waals surface area contributed by atoms with E-state index in [9.17, 15) is 0 Å². The van der Waals surface area contributed by atoms with Crippen LogP contribution in [0.1, 0.15) is 40.5 Å². The van der Waals surface area contributed by atoms with Gasteiger partial charge in [-0.2, -0.15) is 0 Å². The molecule has 0 heterocycles. The lowest BCUT2D eigenvalue weighted by molar-refractivity contribution is 0.154. The summed E-state index contributed by atoms with van der Waals surface area (Å²) in [6, 6.07) is 0. The number of ether oxygens (including phenoxy) is 1. The molecule has 0 aromatic rings. The summed E-state index contributed by atoms with van der Waals surface area (Å²) in [6.45, 7) is 11.6. The second-order valence-corrected chi connectivity index (χ2v) is 3.64. The molecule has 0 rings (SSSR count). The Morgan fingerprint density at radius 2 is 1.91 bits per heavy atom. The first-order chi connectivity index (χ1) is 5.16. The molecule has 0 saturated heterocycles. The molecule has 0 spiro atoms. The maximum atomic E-state index is 5.34. The summed E-state index contributed by atoms with van der Waals surface area (Å²) < 4.78 is 5.34. The molecule has 0 aliphatic carbocycles. The van der Waals surface area contributed by atoms with Crippen LogP contribution in [-0.2, 0) is 4.74 Å². The van der Waals surface area contributed by atoms with Crippen molar-refractivity contribution in [1.82, 2.24) is 0 Å². The van der Waals surface area contributed by atoms with E-state index in [2.05, 4.69) is 27.7 Å². The molecule has 1 radical (unpaired) electrons. The molecule has 0 aromatic carbocycles. The number of hydrogen-bond donors (Lipinski definition) is 0. The second-order valence-electron chi connectivity index (χ2n) is 3.64. The fourth-order valence-corrected chi connectivity index (χ4v) is 0.659. The third-order valence-corrected chi connectivity index (χ3v) is 1.74. The van der Waals surface area contributed by atoms with Crippen molar-refractivity contribution in [3.8, 4) is 0 Å². The van der Waals surface area contributed by atoms with E-state index >= 15 is 0 Å². The van der Waals surface area contributed by atoms with Crippen molar-refractivity contribution in [2.45, 2.75) is 40.5 Å². The zero-order chi connectivity index (χ0) is 8.69. The first-order valence-electron chi connectivity index (χ1n) is 4.60. The van der Waals surface area contributed by atoms with Crippen LogP contribution in [0.2, 0.25) is 0 Å². The Labute approximate surface area is 71.1 Å². The van der Waals surface area contributed by atoms with E-state index in [1.165, 1.54) is 6.42 Å². The molecular formula is C10H21O. The van der Waals surface area contributed by atoms with E-state index in [1.54, 1.807) is 0 Å². The minimum atomic E-state index is 0.642. The van der Waals surface area contributed by atoms with Crippen molar-refractivity contribution < 1.29 is 4.74 Å². The first kappa shape index (κ1) is 11.0. The van der Waals surface area contributed by atoms with Crippen LogP contribution in [0.15, 0.2) is 0 Å². The minimum Gasteiger partial charge on any atom is -0.375 e. The Balaban J connectivity index is 3.01. The highest BCUT2D eigenvalue weighted by atomic mass is 16.5. The van der Waals surface area contributed by atoms with Crippen molar-refractivity contribution in [3.63, 3.8) is 0 Å². The van der Waals surface area contributed by atoms with Gasteiger partial charge in [0.2, 0.25) is 0 Å². The van der Waals surface area contributed by atoms with Crippen LogP contribution in [0.5, 0.6) is 0 Å². The molecule has 0 aliphatic rings. The Hall–Kier alpha value is -0.0400. The Morgan fingerprint density at radius 1 is 1.27 bits per heavy atom. The predicted octanol–water partition coefficient (Wildman–Crippen LogP) is 3.26. The Kier molecular flexibility index (Phi) is 6.63. The summed E-state index contributed by atoms with van der Waals surface area (Å²) >= 11 is 0. The van der Waals surface area contributed by atoms with E-state index in [0.717, 1.165) is 18.9 Å². The molecule has 1 heteroatoms. The molecule has 0 N–H and O–H groups in total. The molecule has 0 saturated carbocycles. The van der Waals surface area contributed by atoms with E-state index in [-0.39, 0.29) is 0 Å². The molecule has 67 valence electrons. The van der Waals surface area contributed by atoms with Gasteiger partial charge >= 0.3 is 0 Å². The highest BCUT2D eigenvalue weighted by Gasteiger charge is 1.99. The molecular weight excluding hydrogens is 136 g/mol. The van der Waals surface area contributed by atoms with Gasteiger partial charge in [-0.15, -0.1) is 0 Å². The smallest absolute Gasteiger partial charge is 0.0839 e. The maximum Gasteiger partial charge on any atom is 0.0839 e. The molecule has 11 heavy (non-hydrogen) atoms. The van der Waals surface area contributed by atoms with Gasteiger partial charge in [0, 0.05) is 6.61 Å². The third kappa shape index (κ3) is 7.86. The monoisotopic (exact) mass is 157 g/mol. The van der Waals surface area contributed by atoms with Gasteiger partial charge in [0.05, 0.1) is 6.61 Å². The van der Waals surface area contributed by atoms with E-state index < -0.39 is 0 Å². The van der Waals surface area contributed by atoms with E-state index in [1.807, 2.05) is 6.61 Å². The lowest BCUT2D eigenvalue weighted by Crippen LogP contribution is -2.01. The Morgan fingerprint density at radius 3 is 2.36 bits per heavy atom. The Bertz CT molecular complexity index is 78.9. The van der Waals surface area contributed by atoms with Crippen molar-refractivity contribution in [2.75, 3.05) is 6.61 Å². The molecule has 1 nitrogen and oxygen atoms in total. The van der Waals surface area contributed by atoms with Gasteiger partial charge in [-0.25, -0.2) is 0 Å². The second kappa shape index (κ2) is 6.66. The van der Waals surface area contributed by atoms with Gasteiger partial charge in [0.15, 0.2) is 0 Å². The summed E-state index contributed by atoms with van der Waals surface area (Å²) in [5.41, 5.74) is 0. The minimum absolute atomic E-state index is 0.642. The van der Waals surface area contributed by atoms with Gasteiger partial charge < -0.3 is 4.74 Å². The van der Waals surface area contributed by atoms with Crippen molar-refractivity contribution >= 4 is 0 Å². The van der Waals surface area contributed by atoms with Crippen LogP contribution in [0.4, 0.5) is 0 Å². The van der Waals surface area contributed by atoms with Gasteiger partial charge in [0.1, 0.15) is 0 Å². The van der Waals surface area contributed by atoms with E-state index in [4.69, 9.17) is 4.74 Å². The highest BCUT2D eigenvalue weighted by molar-refractivity contribution is 4.58. The van der Waals surface area contributed by atoms with Crippen LogP contribution in [0.3, 0.4) is 0 Å². The van der Waals surface area contributed by atoms with Crippen molar-refractivity contribution in [1.29, 1.82) is 0 Å². The first-order valence-corrected chi connectivity index (χ1v) is 4.60. The average molecular weight is 157 g/mol. The molecule has 1 atom stereocenters. The summed E-state index contributed by atoms with van der Waals surface area (Å²) in [7, 11) is 0. The normalized spacial score (nSPS) is 13.9. The van der Waals surface area contributed by atoms with Gasteiger partial charge in [-0.1, -0.05) is 34.1 Å². The number of rotatable bonds is 6. The van der Waals surface area contributed by atoms with E-state index in [0.29, 0.717) is 5.92 Å². The molecule has 0 bridgehead atoms. The van der Waals surface area contributed by atoms with Crippen LogP contribution < -0.4 is 0 Å². The van der Waals surface area contributed by atoms with Crippen LogP contribution >= 0.6 is 0 Å². The van der Waals surface area contributed by atoms with Crippen molar-refractivity contribution in [3.05, 3.63) is 6.61 Å². The molecule has 1 unspecified atom stereocenters. The fraction of sp³-hybridized carbons (Fsp3) is 0.900. The number of hydrogen-bond acceptors (Lipinski definition) is 1. The van der Waals surface area contributed by atoms with Crippen LogP contribution in [0.25, 0.3) is 0 Å². The van der Waals surface area contributed by atoms with Crippen LogP contribution in [-0.4, -0.2) is 6.61 Å². The van der Waals surface area contributed by atoms with Gasteiger partial charge in [-0.3, -0.25) is 0 Å². The largest absolute Gasteiger partial charge is 0.375 e. The fourth-order valence-electron chi connectivity index (χ4n) is 0.659. The average Bonchev–Trinajstić information content (AvgIpc) is 1.97. The summed E-state index contributed by atoms with van der Waals surface area (Å²) in [4.78, 5) is 0. The topological polar surface area (TPSA) is 9.23 Å². The lowest BCUT2D eigenvalue weighted by atomic mass is 10.1. The predicted molar refractivity (Wildman–Crippen MR) is 49.2 cm³/mol. The molecule has 0 aliphatic heterocycles. The third-order valence-electron chi connectivity index (χ3n) is 1.74. The maximum absolute atomic E-state index is 5.34. The zero-order valence-electron chi connectivity index (χ0n) is 8.26. The highest BCUT2D eigenvalue weighted by Crippen LogP contribution is 2.09. The molecule has 0 aromatic heterocycles. The van der Waals surface area contributed by atoms with Gasteiger partial charge in [-0.05, 0) is 18.3 Å². The standard InChI is InChI=1S/C10H21O/c1-5-10(4)6-7-11-8-9(2)3/h7,9-10H,5-6,8H2,1-4H3. The zero-order valence-corrected chi connectivity index (χ0v) is 8.26.